The fourth-order valence-corrected chi connectivity index (χ4v) is 2.92. The molecule has 0 fully saturated rings. The standard InChI is InChI=1S/C20H31NO4/c1-19(2,3)14-16(13-18(22)25-20(4,5)6)8-7-15-9-11-17(12-10-15)21(23)24/h9-12,16H,7-8,13-14H2,1-6H3. The molecule has 1 atom stereocenters. The predicted octanol–water partition coefficient (Wildman–Crippen LogP) is 5.31. The summed E-state index contributed by atoms with van der Waals surface area (Å²) < 4.78 is 5.46. The largest absolute Gasteiger partial charge is 0.460 e. The van der Waals surface area contributed by atoms with Gasteiger partial charge in [0.15, 0.2) is 0 Å². The highest BCUT2D eigenvalue weighted by atomic mass is 16.6. The molecule has 25 heavy (non-hydrogen) atoms. The highest BCUT2D eigenvalue weighted by Gasteiger charge is 2.24. The van der Waals surface area contributed by atoms with Crippen LogP contribution in [0.15, 0.2) is 24.3 Å². The average Bonchev–Trinajstić information content (AvgIpc) is 2.41. The second-order valence-electron chi connectivity index (χ2n) is 8.88. The van der Waals surface area contributed by atoms with Crippen molar-refractivity contribution in [3.8, 4) is 0 Å². The van der Waals surface area contributed by atoms with Gasteiger partial charge in [0.1, 0.15) is 5.60 Å². The Morgan fingerprint density at radius 1 is 1.12 bits per heavy atom. The summed E-state index contributed by atoms with van der Waals surface area (Å²) in [4.78, 5) is 22.5. The first-order valence-corrected chi connectivity index (χ1v) is 8.81. The molecule has 0 N–H and O–H groups in total. The summed E-state index contributed by atoms with van der Waals surface area (Å²) in [5, 5.41) is 10.7. The average molecular weight is 349 g/mol. The molecular formula is C20H31NO4. The molecular weight excluding hydrogens is 318 g/mol. The van der Waals surface area contributed by atoms with Crippen LogP contribution >= 0.6 is 0 Å². The molecule has 140 valence electrons. The summed E-state index contributed by atoms with van der Waals surface area (Å²) in [6.45, 7) is 12.1. The van der Waals surface area contributed by atoms with Crippen molar-refractivity contribution in [1.82, 2.24) is 0 Å². The quantitative estimate of drug-likeness (QED) is 0.380. The zero-order chi connectivity index (χ0) is 19.3. The summed E-state index contributed by atoms with van der Waals surface area (Å²) in [5.41, 5.74) is 0.807. The smallest absolute Gasteiger partial charge is 0.306 e. The molecule has 1 unspecified atom stereocenters. The molecule has 0 radical (unpaired) electrons. The molecule has 0 bridgehead atoms. The van der Waals surface area contributed by atoms with Gasteiger partial charge in [0.2, 0.25) is 0 Å². The molecule has 0 aliphatic heterocycles. The summed E-state index contributed by atoms with van der Waals surface area (Å²) >= 11 is 0. The number of nitro benzene ring substituents is 1. The maximum atomic E-state index is 12.2. The highest BCUT2D eigenvalue weighted by Crippen LogP contribution is 2.30. The van der Waals surface area contributed by atoms with E-state index in [1.807, 2.05) is 20.8 Å². The van der Waals surface area contributed by atoms with Gasteiger partial charge in [-0.05, 0) is 56.9 Å². The van der Waals surface area contributed by atoms with Crippen LogP contribution in [0.25, 0.3) is 0 Å². The van der Waals surface area contributed by atoms with Crippen LogP contribution in [-0.2, 0) is 16.0 Å². The van der Waals surface area contributed by atoms with Crippen LogP contribution in [0.4, 0.5) is 5.69 Å². The molecule has 1 rings (SSSR count). The van der Waals surface area contributed by atoms with Gasteiger partial charge in [0.25, 0.3) is 5.69 Å². The van der Waals surface area contributed by atoms with Crippen LogP contribution in [0.2, 0.25) is 0 Å². The predicted molar refractivity (Wildman–Crippen MR) is 99.4 cm³/mol. The molecule has 5 nitrogen and oxygen atoms in total. The first-order chi connectivity index (χ1) is 11.4. The SMILES string of the molecule is CC(C)(C)CC(CCc1ccc([N+](=O)[O-])cc1)CC(=O)OC(C)(C)C. The molecule has 0 spiro atoms. The Balaban J connectivity index is 2.70. The number of non-ortho nitro benzene ring substituents is 1. The Morgan fingerprint density at radius 2 is 1.68 bits per heavy atom. The van der Waals surface area contributed by atoms with Gasteiger partial charge in [-0.3, -0.25) is 14.9 Å². The summed E-state index contributed by atoms with van der Waals surface area (Å²) in [7, 11) is 0. The monoisotopic (exact) mass is 349 g/mol. The number of nitrogens with zero attached hydrogens (tertiary/aromatic N) is 1. The first kappa shape index (κ1) is 21.1. The van der Waals surface area contributed by atoms with Crippen molar-refractivity contribution in [1.29, 1.82) is 0 Å². The van der Waals surface area contributed by atoms with E-state index in [0.29, 0.717) is 6.42 Å². The lowest BCUT2D eigenvalue weighted by molar-refractivity contribution is -0.384. The van der Waals surface area contributed by atoms with Crippen LogP contribution in [0.1, 0.15) is 66.4 Å². The lowest BCUT2D eigenvalue weighted by Gasteiger charge is -2.27. The molecule has 5 heteroatoms. The normalized spacial score (nSPS) is 13.4. The van der Waals surface area contributed by atoms with Gasteiger partial charge in [0, 0.05) is 18.6 Å². The van der Waals surface area contributed by atoms with Crippen molar-refractivity contribution in [2.24, 2.45) is 11.3 Å². The maximum Gasteiger partial charge on any atom is 0.306 e. The number of hydrogen-bond donors (Lipinski definition) is 0. The van der Waals surface area contributed by atoms with Crippen molar-refractivity contribution in [2.75, 3.05) is 0 Å². The van der Waals surface area contributed by atoms with Gasteiger partial charge >= 0.3 is 5.97 Å². The van der Waals surface area contributed by atoms with E-state index in [4.69, 9.17) is 4.74 Å². The second-order valence-corrected chi connectivity index (χ2v) is 8.88. The third-order valence-corrected chi connectivity index (χ3v) is 3.76. The van der Waals surface area contributed by atoms with E-state index < -0.39 is 10.5 Å². The third kappa shape index (κ3) is 9.22. The van der Waals surface area contributed by atoms with Crippen LogP contribution in [0, 0.1) is 21.4 Å². The van der Waals surface area contributed by atoms with Gasteiger partial charge in [0.05, 0.1) is 4.92 Å². The Kier molecular flexibility index (Phi) is 7.15. The highest BCUT2D eigenvalue weighted by molar-refractivity contribution is 5.70. The molecule has 1 aromatic rings. The number of hydrogen-bond acceptors (Lipinski definition) is 4. The van der Waals surface area contributed by atoms with Crippen molar-refractivity contribution in [2.45, 2.75) is 72.8 Å². The minimum atomic E-state index is -0.471. The van der Waals surface area contributed by atoms with E-state index in [1.54, 1.807) is 12.1 Å². The van der Waals surface area contributed by atoms with E-state index in [-0.39, 0.29) is 23.0 Å². The minimum Gasteiger partial charge on any atom is -0.460 e. The zero-order valence-electron chi connectivity index (χ0n) is 16.3. The number of nitro groups is 1. The zero-order valence-corrected chi connectivity index (χ0v) is 16.3. The van der Waals surface area contributed by atoms with E-state index >= 15 is 0 Å². The van der Waals surface area contributed by atoms with Crippen LogP contribution in [0.3, 0.4) is 0 Å². The molecule has 0 aliphatic carbocycles. The van der Waals surface area contributed by atoms with Gasteiger partial charge in [-0.25, -0.2) is 0 Å². The van der Waals surface area contributed by atoms with E-state index in [2.05, 4.69) is 20.8 Å². The summed E-state index contributed by atoms with van der Waals surface area (Å²) in [6.07, 6.45) is 2.98. The Bertz CT molecular complexity index is 579. The van der Waals surface area contributed by atoms with Crippen LogP contribution in [0.5, 0.6) is 0 Å². The van der Waals surface area contributed by atoms with Crippen molar-refractivity contribution >= 4 is 11.7 Å². The molecule has 1 aromatic carbocycles. The Morgan fingerprint density at radius 3 is 2.12 bits per heavy atom. The van der Waals surface area contributed by atoms with Crippen molar-refractivity contribution < 1.29 is 14.5 Å². The molecule has 0 heterocycles. The topological polar surface area (TPSA) is 69.4 Å². The van der Waals surface area contributed by atoms with Crippen LogP contribution < -0.4 is 0 Å². The molecule has 0 saturated heterocycles. The maximum absolute atomic E-state index is 12.2. The number of rotatable bonds is 7. The minimum absolute atomic E-state index is 0.101. The van der Waals surface area contributed by atoms with Gasteiger partial charge < -0.3 is 4.74 Å². The van der Waals surface area contributed by atoms with Crippen molar-refractivity contribution in [3.05, 3.63) is 39.9 Å². The molecule has 0 aromatic heterocycles. The van der Waals surface area contributed by atoms with Crippen molar-refractivity contribution in [3.63, 3.8) is 0 Å². The number of carbonyl (C=O) groups excluding carboxylic acids is 1. The number of ether oxygens (including phenoxy) is 1. The molecule has 0 saturated carbocycles. The molecule has 0 aliphatic rings. The van der Waals surface area contributed by atoms with Gasteiger partial charge in [-0.15, -0.1) is 0 Å². The third-order valence-electron chi connectivity index (χ3n) is 3.76. The Hall–Kier alpha value is -1.91. The fraction of sp³-hybridized carbons (Fsp3) is 0.650. The van der Waals surface area contributed by atoms with Gasteiger partial charge in [-0.1, -0.05) is 32.9 Å². The van der Waals surface area contributed by atoms with E-state index in [9.17, 15) is 14.9 Å². The summed E-state index contributed by atoms with van der Waals surface area (Å²) in [5.74, 6) is 0.0653. The van der Waals surface area contributed by atoms with Gasteiger partial charge in [-0.2, -0.15) is 0 Å². The second kappa shape index (κ2) is 8.45. The van der Waals surface area contributed by atoms with E-state index in [1.165, 1.54) is 12.1 Å². The lowest BCUT2D eigenvalue weighted by Crippen LogP contribution is -2.26. The van der Waals surface area contributed by atoms with E-state index in [0.717, 1.165) is 24.8 Å². The first-order valence-electron chi connectivity index (χ1n) is 8.81. The number of aryl methyl sites for hydroxylation is 1. The number of benzene rings is 1. The summed E-state index contributed by atoms with van der Waals surface area (Å²) in [6, 6.07) is 6.64. The Labute approximate surface area is 150 Å². The fourth-order valence-electron chi connectivity index (χ4n) is 2.92. The lowest BCUT2D eigenvalue weighted by atomic mass is 9.80. The number of esters is 1. The van der Waals surface area contributed by atoms with Crippen LogP contribution in [-0.4, -0.2) is 16.5 Å². The molecule has 0 amide bonds. The number of carbonyl (C=O) groups is 1.